The Kier molecular flexibility index (Phi) is 5.76. The summed E-state index contributed by atoms with van der Waals surface area (Å²) in [5.41, 5.74) is 1.44. The zero-order valence-corrected chi connectivity index (χ0v) is 13.9. The van der Waals surface area contributed by atoms with E-state index in [9.17, 15) is 13.6 Å². The Labute approximate surface area is 149 Å². The summed E-state index contributed by atoms with van der Waals surface area (Å²) in [4.78, 5) is 12.0. The Morgan fingerprint density at radius 3 is 2.65 bits per heavy atom. The summed E-state index contributed by atoms with van der Waals surface area (Å²) in [6, 6.07) is 13.9. The molecule has 0 saturated heterocycles. The fraction of sp³-hybridized carbons (Fsp3) is 0.150. The molecule has 3 rings (SSSR count). The molecule has 0 aliphatic rings. The van der Waals surface area contributed by atoms with Crippen LogP contribution in [0.5, 0.6) is 0 Å². The lowest BCUT2D eigenvalue weighted by atomic mass is 10.1. The number of benzene rings is 2. The van der Waals surface area contributed by atoms with Gasteiger partial charge in [0.2, 0.25) is 0 Å². The molecular formula is C20H17F2NO3. The summed E-state index contributed by atoms with van der Waals surface area (Å²) in [7, 11) is 0. The highest BCUT2D eigenvalue weighted by atomic mass is 19.1. The van der Waals surface area contributed by atoms with Crippen molar-refractivity contribution in [2.45, 2.75) is 19.8 Å². The molecule has 1 heterocycles. The first kappa shape index (κ1) is 17.8. The van der Waals surface area contributed by atoms with Crippen molar-refractivity contribution >= 4 is 5.91 Å². The average Bonchev–Trinajstić information content (AvgIpc) is 3.15. The van der Waals surface area contributed by atoms with Gasteiger partial charge in [0.1, 0.15) is 24.0 Å². The smallest absolute Gasteiger partial charge is 0.254 e. The zero-order valence-electron chi connectivity index (χ0n) is 13.9. The molecule has 6 heteroatoms. The van der Waals surface area contributed by atoms with Crippen LogP contribution < -0.4 is 5.32 Å². The van der Waals surface area contributed by atoms with Gasteiger partial charge < -0.3 is 14.5 Å². The molecule has 134 valence electrons. The van der Waals surface area contributed by atoms with Crippen molar-refractivity contribution in [3.05, 3.63) is 94.9 Å². The highest BCUT2D eigenvalue weighted by molar-refractivity contribution is 5.94. The lowest BCUT2D eigenvalue weighted by Gasteiger charge is -2.08. The molecule has 0 radical (unpaired) electrons. The number of hydrogen-bond acceptors (Lipinski definition) is 3. The van der Waals surface area contributed by atoms with E-state index in [4.69, 9.17) is 9.15 Å². The third-order valence-electron chi connectivity index (χ3n) is 3.71. The number of halogens is 2. The summed E-state index contributed by atoms with van der Waals surface area (Å²) in [5, 5.41) is 2.59. The van der Waals surface area contributed by atoms with Crippen LogP contribution in [0.4, 0.5) is 8.78 Å². The summed E-state index contributed by atoms with van der Waals surface area (Å²) in [6.07, 6.45) is 1.59. The molecule has 2 aromatic carbocycles. The second-order valence-corrected chi connectivity index (χ2v) is 5.70. The third kappa shape index (κ3) is 4.77. The number of hydrogen-bond donors (Lipinski definition) is 1. The molecule has 0 atom stereocenters. The average molecular weight is 357 g/mol. The Morgan fingerprint density at radius 1 is 1.00 bits per heavy atom. The highest BCUT2D eigenvalue weighted by Gasteiger charge is 2.12. The summed E-state index contributed by atoms with van der Waals surface area (Å²) >= 11 is 0. The maximum atomic E-state index is 13.6. The first-order valence-electron chi connectivity index (χ1n) is 8.03. The number of ether oxygens (including phenoxy) is 1. The number of furan rings is 1. The number of carbonyl (C=O) groups excluding carboxylic acids is 1. The van der Waals surface area contributed by atoms with Crippen molar-refractivity contribution in [1.29, 1.82) is 0 Å². The van der Waals surface area contributed by atoms with E-state index < -0.39 is 17.5 Å². The van der Waals surface area contributed by atoms with E-state index in [1.54, 1.807) is 12.3 Å². The van der Waals surface area contributed by atoms with Crippen LogP contribution in [0, 0.1) is 11.6 Å². The molecule has 0 fully saturated rings. The lowest BCUT2D eigenvalue weighted by Crippen LogP contribution is -2.24. The van der Waals surface area contributed by atoms with Crippen LogP contribution in [0.3, 0.4) is 0 Å². The van der Waals surface area contributed by atoms with E-state index in [0.29, 0.717) is 13.2 Å². The summed E-state index contributed by atoms with van der Waals surface area (Å²) in [6.45, 7) is 0.953. The van der Waals surface area contributed by atoms with E-state index >= 15 is 0 Å². The summed E-state index contributed by atoms with van der Waals surface area (Å²) in [5.74, 6) is -1.34. The van der Waals surface area contributed by atoms with Crippen molar-refractivity contribution in [3.63, 3.8) is 0 Å². The van der Waals surface area contributed by atoms with Gasteiger partial charge in [0.25, 0.3) is 5.91 Å². The number of carbonyl (C=O) groups is 1. The molecular weight excluding hydrogens is 340 g/mol. The van der Waals surface area contributed by atoms with Gasteiger partial charge in [0.15, 0.2) is 0 Å². The molecule has 0 spiro atoms. The third-order valence-corrected chi connectivity index (χ3v) is 3.71. The van der Waals surface area contributed by atoms with Crippen LogP contribution >= 0.6 is 0 Å². The molecule has 0 aliphatic heterocycles. The molecule has 1 amide bonds. The molecule has 0 bridgehead atoms. The summed E-state index contributed by atoms with van der Waals surface area (Å²) < 4.78 is 37.6. The topological polar surface area (TPSA) is 51.5 Å². The van der Waals surface area contributed by atoms with Gasteiger partial charge in [0, 0.05) is 6.54 Å². The van der Waals surface area contributed by atoms with Crippen molar-refractivity contribution < 1.29 is 22.7 Å². The molecule has 1 aromatic heterocycles. The quantitative estimate of drug-likeness (QED) is 0.689. The minimum atomic E-state index is -0.760. The van der Waals surface area contributed by atoms with Gasteiger partial charge in [-0.3, -0.25) is 4.79 Å². The lowest BCUT2D eigenvalue weighted by molar-refractivity contribution is 0.0928. The molecule has 4 nitrogen and oxygen atoms in total. The predicted molar refractivity (Wildman–Crippen MR) is 91.2 cm³/mol. The van der Waals surface area contributed by atoms with Crippen LogP contribution in [0.1, 0.15) is 27.2 Å². The van der Waals surface area contributed by atoms with Gasteiger partial charge in [-0.25, -0.2) is 8.78 Å². The molecule has 0 saturated carbocycles. The van der Waals surface area contributed by atoms with Gasteiger partial charge in [-0.05, 0) is 41.5 Å². The Bertz CT molecular complexity index is 879. The van der Waals surface area contributed by atoms with E-state index in [1.807, 2.05) is 30.3 Å². The Hall–Kier alpha value is -2.99. The number of nitrogens with one attached hydrogen (secondary N) is 1. The maximum absolute atomic E-state index is 13.6. The fourth-order valence-corrected chi connectivity index (χ4v) is 2.44. The standard InChI is InChI=1S/C20H17F2NO3/c21-16-6-7-19(22)18(10-16)20(24)23-11-14-3-1-4-15(9-14)12-25-13-17-5-2-8-26-17/h1-10H,11-13H2,(H,23,24). The monoisotopic (exact) mass is 357 g/mol. The molecule has 0 aliphatic carbocycles. The minimum Gasteiger partial charge on any atom is -0.467 e. The van der Waals surface area contributed by atoms with Gasteiger partial charge in [-0.15, -0.1) is 0 Å². The number of amides is 1. The van der Waals surface area contributed by atoms with E-state index in [-0.39, 0.29) is 12.1 Å². The van der Waals surface area contributed by atoms with Gasteiger partial charge in [-0.1, -0.05) is 24.3 Å². The largest absolute Gasteiger partial charge is 0.467 e. The predicted octanol–water partition coefficient (Wildman–Crippen LogP) is 4.20. The van der Waals surface area contributed by atoms with Gasteiger partial charge in [-0.2, -0.15) is 0 Å². The number of rotatable bonds is 7. The second-order valence-electron chi connectivity index (χ2n) is 5.70. The van der Waals surface area contributed by atoms with Crippen LogP contribution in [0.2, 0.25) is 0 Å². The Balaban J connectivity index is 1.54. The van der Waals surface area contributed by atoms with Gasteiger partial charge >= 0.3 is 0 Å². The van der Waals surface area contributed by atoms with Crippen molar-refractivity contribution in [2.75, 3.05) is 0 Å². The minimum absolute atomic E-state index is 0.195. The molecule has 26 heavy (non-hydrogen) atoms. The fourth-order valence-electron chi connectivity index (χ4n) is 2.44. The first-order valence-corrected chi connectivity index (χ1v) is 8.03. The van der Waals surface area contributed by atoms with Gasteiger partial charge in [0.05, 0.1) is 18.4 Å². The van der Waals surface area contributed by atoms with Crippen molar-refractivity contribution in [1.82, 2.24) is 5.32 Å². The van der Waals surface area contributed by atoms with Crippen LogP contribution in [0.15, 0.2) is 65.3 Å². The molecule has 3 aromatic rings. The SMILES string of the molecule is O=C(NCc1cccc(COCc2ccco2)c1)c1cc(F)ccc1F. The molecule has 1 N–H and O–H groups in total. The Morgan fingerprint density at radius 2 is 1.85 bits per heavy atom. The van der Waals surface area contributed by atoms with E-state index in [0.717, 1.165) is 35.1 Å². The normalized spacial score (nSPS) is 10.7. The van der Waals surface area contributed by atoms with E-state index in [2.05, 4.69) is 5.32 Å². The van der Waals surface area contributed by atoms with Crippen molar-refractivity contribution in [3.8, 4) is 0 Å². The zero-order chi connectivity index (χ0) is 18.4. The molecule has 0 unspecified atom stereocenters. The maximum Gasteiger partial charge on any atom is 0.254 e. The van der Waals surface area contributed by atoms with E-state index in [1.165, 1.54) is 0 Å². The van der Waals surface area contributed by atoms with Crippen molar-refractivity contribution in [2.24, 2.45) is 0 Å². The van der Waals surface area contributed by atoms with Crippen LogP contribution in [0.25, 0.3) is 0 Å². The van der Waals surface area contributed by atoms with Crippen LogP contribution in [-0.2, 0) is 24.5 Å². The first-order chi connectivity index (χ1) is 12.6. The van der Waals surface area contributed by atoms with Crippen LogP contribution in [-0.4, -0.2) is 5.91 Å². The second kappa shape index (κ2) is 8.40. The highest BCUT2D eigenvalue weighted by Crippen LogP contribution is 2.12.